The molecule has 1 atom stereocenters. The quantitative estimate of drug-likeness (QED) is 0.502. The van der Waals surface area contributed by atoms with E-state index in [4.69, 9.17) is 0 Å². The van der Waals surface area contributed by atoms with Gasteiger partial charge in [0, 0.05) is 11.8 Å². The summed E-state index contributed by atoms with van der Waals surface area (Å²) in [5.41, 5.74) is 3.97. The van der Waals surface area contributed by atoms with E-state index in [1.54, 1.807) is 24.4 Å². The van der Waals surface area contributed by atoms with E-state index in [1.165, 1.54) is 4.90 Å². The number of aliphatic imine (C=N–C) groups is 1. The maximum atomic E-state index is 13.2. The molecule has 3 aromatic carbocycles. The molecule has 0 saturated heterocycles. The SMILES string of the molecule is Cc1ccc(N2C(=O)c3ccccc3[C@H](C=NCc3ccccc3)C2=O)cc1. The van der Waals surface area contributed by atoms with Gasteiger partial charge in [0.05, 0.1) is 18.2 Å². The molecule has 1 aliphatic rings. The van der Waals surface area contributed by atoms with Crippen LogP contribution in [0.1, 0.15) is 33.0 Å². The van der Waals surface area contributed by atoms with Gasteiger partial charge in [0.15, 0.2) is 0 Å². The lowest BCUT2D eigenvalue weighted by atomic mass is 9.89. The fourth-order valence-corrected chi connectivity index (χ4v) is 3.38. The normalized spacial score (nSPS) is 16.5. The Bertz CT molecular complexity index is 1040. The highest BCUT2D eigenvalue weighted by Crippen LogP contribution is 2.32. The molecule has 0 N–H and O–H groups in total. The van der Waals surface area contributed by atoms with Crippen molar-refractivity contribution in [1.82, 2.24) is 0 Å². The first-order chi connectivity index (χ1) is 13.6. The number of carbonyl (C=O) groups excluding carboxylic acids is 2. The lowest BCUT2D eigenvalue weighted by Gasteiger charge is -2.31. The zero-order valence-corrected chi connectivity index (χ0v) is 15.6. The number of hydrogen-bond donors (Lipinski definition) is 0. The highest BCUT2D eigenvalue weighted by molar-refractivity contribution is 6.29. The number of amides is 2. The van der Waals surface area contributed by atoms with E-state index in [0.717, 1.165) is 11.1 Å². The number of benzene rings is 3. The predicted octanol–water partition coefficient (Wildman–Crippen LogP) is 4.54. The van der Waals surface area contributed by atoms with Crippen molar-refractivity contribution < 1.29 is 9.59 Å². The molecule has 0 saturated carbocycles. The Morgan fingerprint density at radius 3 is 2.32 bits per heavy atom. The van der Waals surface area contributed by atoms with Gasteiger partial charge < -0.3 is 0 Å². The van der Waals surface area contributed by atoms with E-state index in [9.17, 15) is 9.59 Å². The van der Waals surface area contributed by atoms with Gasteiger partial charge in [0.1, 0.15) is 0 Å². The number of aryl methyl sites for hydroxylation is 1. The Balaban J connectivity index is 1.70. The van der Waals surface area contributed by atoms with Crippen LogP contribution in [0.15, 0.2) is 83.9 Å². The predicted molar refractivity (Wildman–Crippen MR) is 111 cm³/mol. The van der Waals surface area contributed by atoms with Crippen LogP contribution in [0.3, 0.4) is 0 Å². The minimum atomic E-state index is -0.584. The first kappa shape index (κ1) is 17.9. The minimum absolute atomic E-state index is 0.274. The van der Waals surface area contributed by atoms with Gasteiger partial charge >= 0.3 is 0 Å². The molecule has 2 amide bonds. The second-order valence-electron chi connectivity index (χ2n) is 6.85. The zero-order chi connectivity index (χ0) is 19.5. The van der Waals surface area contributed by atoms with Gasteiger partial charge in [-0.25, -0.2) is 4.90 Å². The Hall–Kier alpha value is -3.53. The van der Waals surface area contributed by atoms with Crippen LogP contribution in [0.25, 0.3) is 0 Å². The molecule has 138 valence electrons. The van der Waals surface area contributed by atoms with E-state index in [-0.39, 0.29) is 11.8 Å². The van der Waals surface area contributed by atoms with Crippen molar-refractivity contribution >= 4 is 23.7 Å². The van der Waals surface area contributed by atoms with Crippen molar-refractivity contribution in [3.8, 4) is 0 Å². The largest absolute Gasteiger partial charge is 0.292 e. The molecular weight excluding hydrogens is 348 g/mol. The second kappa shape index (κ2) is 7.61. The molecule has 1 aliphatic heterocycles. The van der Waals surface area contributed by atoms with Crippen molar-refractivity contribution in [2.75, 3.05) is 4.90 Å². The van der Waals surface area contributed by atoms with Crippen molar-refractivity contribution in [3.63, 3.8) is 0 Å². The smallest absolute Gasteiger partial charge is 0.265 e. The molecule has 0 aliphatic carbocycles. The van der Waals surface area contributed by atoms with E-state index in [2.05, 4.69) is 4.99 Å². The number of imide groups is 1. The van der Waals surface area contributed by atoms with Crippen LogP contribution in [0.4, 0.5) is 5.69 Å². The topological polar surface area (TPSA) is 49.7 Å². The molecule has 3 aromatic rings. The average molecular weight is 368 g/mol. The van der Waals surface area contributed by atoms with Crippen molar-refractivity contribution in [2.24, 2.45) is 4.99 Å². The summed E-state index contributed by atoms with van der Waals surface area (Å²) in [7, 11) is 0. The molecule has 0 radical (unpaired) electrons. The maximum absolute atomic E-state index is 13.2. The number of carbonyl (C=O) groups is 2. The van der Waals surface area contributed by atoms with Gasteiger partial charge in [-0.1, -0.05) is 66.2 Å². The number of hydrogen-bond acceptors (Lipinski definition) is 3. The molecule has 0 aromatic heterocycles. The van der Waals surface area contributed by atoms with Crippen LogP contribution in [0.2, 0.25) is 0 Å². The fourth-order valence-electron chi connectivity index (χ4n) is 3.38. The van der Waals surface area contributed by atoms with Crippen LogP contribution in [0, 0.1) is 6.92 Å². The summed E-state index contributed by atoms with van der Waals surface area (Å²) in [5, 5.41) is 0. The summed E-state index contributed by atoms with van der Waals surface area (Å²) >= 11 is 0. The van der Waals surface area contributed by atoms with E-state index < -0.39 is 5.92 Å². The van der Waals surface area contributed by atoms with Crippen LogP contribution in [-0.2, 0) is 11.3 Å². The monoisotopic (exact) mass is 368 g/mol. The summed E-state index contributed by atoms with van der Waals surface area (Å²) in [6, 6.07) is 24.5. The highest BCUT2D eigenvalue weighted by atomic mass is 16.2. The van der Waals surface area contributed by atoms with Crippen molar-refractivity contribution in [1.29, 1.82) is 0 Å². The van der Waals surface area contributed by atoms with E-state index in [0.29, 0.717) is 23.4 Å². The zero-order valence-electron chi connectivity index (χ0n) is 15.6. The van der Waals surface area contributed by atoms with Crippen LogP contribution in [0.5, 0.6) is 0 Å². The lowest BCUT2D eigenvalue weighted by molar-refractivity contribution is -0.118. The summed E-state index contributed by atoms with van der Waals surface area (Å²) in [6.45, 7) is 2.46. The fraction of sp³-hybridized carbons (Fsp3) is 0.125. The minimum Gasteiger partial charge on any atom is -0.292 e. The summed E-state index contributed by atoms with van der Waals surface area (Å²) in [6.07, 6.45) is 1.67. The first-order valence-electron chi connectivity index (χ1n) is 9.23. The molecule has 0 fully saturated rings. The first-order valence-corrected chi connectivity index (χ1v) is 9.23. The van der Waals surface area contributed by atoms with Crippen LogP contribution >= 0.6 is 0 Å². The number of fused-ring (bicyclic) bond motifs is 1. The van der Waals surface area contributed by atoms with Crippen LogP contribution < -0.4 is 4.90 Å². The molecule has 4 nitrogen and oxygen atoms in total. The van der Waals surface area contributed by atoms with Crippen molar-refractivity contribution in [3.05, 3.63) is 101 Å². The third-order valence-electron chi connectivity index (χ3n) is 4.88. The Labute approximate surface area is 164 Å². The Kier molecular flexibility index (Phi) is 4.85. The van der Waals surface area contributed by atoms with E-state index >= 15 is 0 Å². The van der Waals surface area contributed by atoms with Gasteiger partial charge in [0.2, 0.25) is 5.91 Å². The van der Waals surface area contributed by atoms with Gasteiger partial charge in [0.25, 0.3) is 5.91 Å². The number of anilines is 1. The molecule has 4 heteroatoms. The standard InChI is InChI=1S/C24H20N2O2/c1-17-11-13-19(14-12-17)26-23(27)21-10-6-5-9-20(21)22(24(26)28)16-25-15-18-7-3-2-4-8-18/h2-14,16,22H,15H2,1H3/t22-/m0/s1. The molecular formula is C24H20N2O2. The molecule has 0 spiro atoms. The number of rotatable bonds is 4. The third kappa shape index (κ3) is 3.37. The summed E-state index contributed by atoms with van der Waals surface area (Å²) in [4.78, 5) is 32.0. The lowest BCUT2D eigenvalue weighted by Crippen LogP contribution is -2.45. The molecule has 0 bridgehead atoms. The van der Waals surface area contributed by atoms with Crippen LogP contribution in [-0.4, -0.2) is 18.0 Å². The third-order valence-corrected chi connectivity index (χ3v) is 4.88. The second-order valence-corrected chi connectivity index (χ2v) is 6.85. The van der Waals surface area contributed by atoms with Gasteiger partial charge in [-0.3, -0.25) is 14.6 Å². The Morgan fingerprint density at radius 2 is 1.57 bits per heavy atom. The molecule has 4 rings (SSSR count). The molecule has 1 heterocycles. The van der Waals surface area contributed by atoms with Gasteiger partial charge in [-0.15, -0.1) is 0 Å². The maximum Gasteiger partial charge on any atom is 0.265 e. The van der Waals surface area contributed by atoms with Gasteiger partial charge in [-0.2, -0.15) is 0 Å². The van der Waals surface area contributed by atoms with Gasteiger partial charge in [-0.05, 0) is 36.2 Å². The molecule has 0 unspecified atom stereocenters. The molecule has 28 heavy (non-hydrogen) atoms. The van der Waals surface area contributed by atoms with Crippen molar-refractivity contribution in [2.45, 2.75) is 19.4 Å². The summed E-state index contributed by atoms with van der Waals surface area (Å²) < 4.78 is 0. The number of nitrogens with zero attached hydrogens (tertiary/aromatic N) is 2. The van der Waals surface area contributed by atoms with E-state index in [1.807, 2.05) is 67.6 Å². The Morgan fingerprint density at radius 1 is 0.893 bits per heavy atom. The average Bonchev–Trinajstić information content (AvgIpc) is 2.73. The highest BCUT2D eigenvalue weighted by Gasteiger charge is 2.38. The summed E-state index contributed by atoms with van der Waals surface area (Å²) in [5.74, 6) is -1.15.